The smallest absolute Gasteiger partial charge is 0.231 e. The van der Waals surface area contributed by atoms with Gasteiger partial charge >= 0.3 is 0 Å². The zero-order valence-corrected chi connectivity index (χ0v) is 37.1. The molecule has 0 fully saturated rings. The average Bonchev–Trinajstić information content (AvgIpc) is 4.01. The Morgan fingerprint density at radius 2 is 0.562 bits per heavy atom. The predicted molar refractivity (Wildman–Crippen MR) is 253 cm³/mol. The third kappa shape index (κ3) is 7.32. The Balaban J connectivity index is 0.000000114. The van der Waals surface area contributed by atoms with E-state index >= 15 is 0 Å². The molecular formula is C56H50O8. The van der Waals surface area contributed by atoms with Crippen LogP contribution in [0.25, 0.3) is 54.9 Å². The van der Waals surface area contributed by atoms with Crippen LogP contribution in [0, 0.1) is 41.5 Å². The van der Waals surface area contributed by atoms with Gasteiger partial charge in [-0.1, -0.05) is 97.1 Å². The van der Waals surface area contributed by atoms with Crippen molar-refractivity contribution in [2.75, 3.05) is 40.0 Å². The molecule has 0 saturated carbocycles. The van der Waals surface area contributed by atoms with Crippen molar-refractivity contribution in [1.82, 2.24) is 0 Å². The molecule has 0 bridgehead atoms. The van der Waals surface area contributed by atoms with E-state index in [2.05, 4.69) is 126 Å². The summed E-state index contributed by atoms with van der Waals surface area (Å²) in [6.45, 7) is 15.5. The summed E-state index contributed by atoms with van der Waals surface area (Å²) in [6, 6.07) is 42.3. The highest BCUT2D eigenvalue weighted by Crippen LogP contribution is 2.52. The zero-order valence-electron chi connectivity index (χ0n) is 37.1. The second-order valence-corrected chi connectivity index (χ2v) is 16.5. The SMILES string of the molecule is Cc1ccc2c(c1-c1c(C)ccc3c1OCCO3)OCCO2.Cc1ccc2c(c1-c1c(C)ccc3c1OCO3)OCO2.Cc1ccc2ccccc2c1-c1c(C)ccc2ccccc12. The Kier molecular flexibility index (Phi) is 10.9. The van der Waals surface area contributed by atoms with Crippen molar-refractivity contribution < 1.29 is 37.9 Å². The van der Waals surface area contributed by atoms with Crippen LogP contribution in [-0.4, -0.2) is 40.0 Å². The summed E-state index contributed by atoms with van der Waals surface area (Å²) >= 11 is 0. The number of aryl methyl sites for hydroxylation is 6. The summed E-state index contributed by atoms with van der Waals surface area (Å²) in [4.78, 5) is 0. The van der Waals surface area contributed by atoms with Crippen LogP contribution in [0.2, 0.25) is 0 Å². The highest BCUT2D eigenvalue weighted by Gasteiger charge is 2.29. The molecule has 0 radical (unpaired) electrons. The molecule has 322 valence electrons. The van der Waals surface area contributed by atoms with Crippen LogP contribution in [0.3, 0.4) is 0 Å². The molecule has 64 heavy (non-hydrogen) atoms. The minimum atomic E-state index is 0.261. The molecule has 8 nitrogen and oxygen atoms in total. The quantitative estimate of drug-likeness (QED) is 0.174. The summed E-state index contributed by atoms with van der Waals surface area (Å²) in [7, 11) is 0. The Morgan fingerprint density at radius 3 is 0.953 bits per heavy atom. The normalized spacial score (nSPS) is 13.8. The van der Waals surface area contributed by atoms with Gasteiger partial charge in [0, 0.05) is 22.3 Å². The van der Waals surface area contributed by atoms with E-state index in [0.29, 0.717) is 26.4 Å². The van der Waals surface area contributed by atoms with Gasteiger partial charge < -0.3 is 37.9 Å². The lowest BCUT2D eigenvalue weighted by molar-refractivity contribution is 0.169. The molecule has 12 rings (SSSR count). The van der Waals surface area contributed by atoms with Gasteiger partial charge in [0.15, 0.2) is 46.0 Å². The molecule has 0 N–H and O–H groups in total. The first-order valence-corrected chi connectivity index (χ1v) is 21.8. The second kappa shape index (κ2) is 17.1. The molecule has 0 spiro atoms. The van der Waals surface area contributed by atoms with Crippen LogP contribution in [0.5, 0.6) is 46.0 Å². The lowest BCUT2D eigenvalue weighted by Crippen LogP contribution is -2.18. The van der Waals surface area contributed by atoms with Crippen LogP contribution in [0.1, 0.15) is 33.4 Å². The second-order valence-electron chi connectivity index (χ2n) is 16.5. The highest BCUT2D eigenvalue weighted by molar-refractivity contribution is 6.07. The van der Waals surface area contributed by atoms with Gasteiger partial charge in [-0.2, -0.15) is 0 Å². The van der Waals surface area contributed by atoms with Crippen LogP contribution in [-0.2, 0) is 0 Å². The van der Waals surface area contributed by atoms with Gasteiger partial charge in [0.1, 0.15) is 26.4 Å². The Hall–Kier alpha value is -7.32. The van der Waals surface area contributed by atoms with E-state index in [0.717, 1.165) is 90.5 Å². The monoisotopic (exact) mass is 850 g/mol. The van der Waals surface area contributed by atoms with E-state index in [1.807, 2.05) is 36.4 Å². The van der Waals surface area contributed by atoms with E-state index in [9.17, 15) is 0 Å². The minimum absolute atomic E-state index is 0.261. The third-order valence-electron chi connectivity index (χ3n) is 12.4. The fourth-order valence-corrected chi connectivity index (χ4v) is 9.24. The van der Waals surface area contributed by atoms with Crippen LogP contribution >= 0.6 is 0 Å². The van der Waals surface area contributed by atoms with E-state index in [1.165, 1.54) is 43.8 Å². The molecule has 0 saturated heterocycles. The first-order valence-electron chi connectivity index (χ1n) is 21.8. The molecule has 4 heterocycles. The van der Waals surface area contributed by atoms with Gasteiger partial charge in [-0.15, -0.1) is 0 Å². The van der Waals surface area contributed by atoms with E-state index in [4.69, 9.17) is 37.9 Å². The van der Waals surface area contributed by atoms with Crippen molar-refractivity contribution in [3.05, 3.63) is 155 Å². The summed E-state index contributed by atoms with van der Waals surface area (Å²) in [6.07, 6.45) is 0. The van der Waals surface area contributed by atoms with Crippen LogP contribution < -0.4 is 37.9 Å². The first kappa shape index (κ1) is 40.7. The van der Waals surface area contributed by atoms with Crippen molar-refractivity contribution in [3.8, 4) is 79.4 Å². The fourth-order valence-electron chi connectivity index (χ4n) is 9.24. The molecule has 8 aromatic rings. The molecule has 4 aliphatic rings. The number of hydrogen-bond donors (Lipinski definition) is 0. The number of rotatable bonds is 3. The molecule has 0 aliphatic carbocycles. The highest BCUT2D eigenvalue weighted by atomic mass is 16.7. The molecule has 0 unspecified atom stereocenters. The van der Waals surface area contributed by atoms with Crippen LogP contribution in [0.4, 0.5) is 0 Å². The van der Waals surface area contributed by atoms with Gasteiger partial charge in [0.05, 0.1) is 0 Å². The number of benzene rings is 8. The topological polar surface area (TPSA) is 73.8 Å². The largest absolute Gasteiger partial charge is 0.486 e. The average molecular weight is 851 g/mol. The molecule has 8 heteroatoms. The van der Waals surface area contributed by atoms with Crippen LogP contribution in [0.15, 0.2) is 121 Å². The van der Waals surface area contributed by atoms with Gasteiger partial charge in [0.25, 0.3) is 0 Å². The maximum absolute atomic E-state index is 5.91. The van der Waals surface area contributed by atoms with E-state index < -0.39 is 0 Å². The zero-order chi connectivity index (χ0) is 43.9. The summed E-state index contributed by atoms with van der Waals surface area (Å²) in [5.41, 5.74) is 14.1. The van der Waals surface area contributed by atoms with E-state index in [-0.39, 0.29) is 13.6 Å². The van der Waals surface area contributed by atoms with E-state index in [1.54, 1.807) is 0 Å². The molecular weight excluding hydrogens is 801 g/mol. The van der Waals surface area contributed by atoms with Crippen molar-refractivity contribution in [2.45, 2.75) is 41.5 Å². The fraction of sp³-hybridized carbons (Fsp3) is 0.214. The van der Waals surface area contributed by atoms with Gasteiger partial charge in [-0.3, -0.25) is 0 Å². The summed E-state index contributed by atoms with van der Waals surface area (Å²) < 4.78 is 45.6. The number of fused-ring (bicyclic) bond motifs is 6. The van der Waals surface area contributed by atoms with Crippen molar-refractivity contribution in [2.24, 2.45) is 0 Å². The first-order chi connectivity index (χ1) is 31.3. The molecule has 4 aliphatic heterocycles. The Labute approximate surface area is 373 Å². The lowest BCUT2D eigenvalue weighted by Gasteiger charge is -2.26. The van der Waals surface area contributed by atoms with Gasteiger partial charge in [-0.25, -0.2) is 0 Å². The predicted octanol–water partition coefficient (Wildman–Crippen LogP) is 13.2. The standard InChI is InChI=1S/C22H18.C18H18O4.C16H14O4/c1-15-11-13-17-7-3-5-9-19(17)21(15)22-16(2)12-14-18-8-4-6-10-20(18)22;1-11-3-5-13-17(21-9-7-19-13)15(11)16-12(2)4-6-14-18(16)22-10-8-20-14;1-9-3-5-11-15(19-7-17-11)13(9)14-10(2)4-6-12-16(14)20-8-18-12/h3-14H,1-2H3;3-6H,7-10H2,1-2H3;3-6H,7-8H2,1-2H3. The Bertz CT molecular complexity index is 2890. The van der Waals surface area contributed by atoms with Gasteiger partial charge in [0.2, 0.25) is 13.6 Å². The molecule has 0 amide bonds. The number of hydrogen-bond acceptors (Lipinski definition) is 8. The maximum atomic E-state index is 5.91. The van der Waals surface area contributed by atoms with Crippen molar-refractivity contribution in [1.29, 1.82) is 0 Å². The Morgan fingerprint density at radius 1 is 0.266 bits per heavy atom. The summed E-state index contributed by atoms with van der Waals surface area (Å²) in [5.74, 6) is 6.33. The number of ether oxygens (including phenoxy) is 8. The lowest BCUT2D eigenvalue weighted by atomic mass is 9.88. The summed E-state index contributed by atoms with van der Waals surface area (Å²) in [5, 5.41) is 5.27. The third-order valence-corrected chi connectivity index (χ3v) is 12.4. The minimum Gasteiger partial charge on any atom is -0.486 e. The molecule has 0 aromatic heterocycles. The molecule has 0 atom stereocenters. The van der Waals surface area contributed by atoms with Crippen molar-refractivity contribution >= 4 is 21.5 Å². The van der Waals surface area contributed by atoms with Crippen molar-refractivity contribution in [3.63, 3.8) is 0 Å². The van der Waals surface area contributed by atoms with Gasteiger partial charge in [-0.05, 0) is 132 Å². The molecule has 8 aromatic carbocycles. The maximum Gasteiger partial charge on any atom is 0.231 e.